The Labute approximate surface area is 96.2 Å². The third-order valence-electron chi connectivity index (χ3n) is 3.55. The van der Waals surface area contributed by atoms with Crippen LogP contribution in [0.4, 0.5) is 0 Å². The topological polar surface area (TPSA) is 3.24 Å². The number of nitrogens with zero attached hydrogens (tertiary/aromatic N) is 1. The summed E-state index contributed by atoms with van der Waals surface area (Å²) in [6, 6.07) is 0.771. The molecule has 15 heavy (non-hydrogen) atoms. The second-order valence-corrected chi connectivity index (χ2v) is 6.51. The van der Waals surface area contributed by atoms with Gasteiger partial charge in [-0.15, -0.1) is 0 Å². The van der Waals surface area contributed by atoms with Gasteiger partial charge in [0.25, 0.3) is 0 Å². The lowest BCUT2D eigenvalue weighted by atomic mass is 9.92. The van der Waals surface area contributed by atoms with Crippen LogP contribution in [0.2, 0.25) is 0 Å². The molecule has 0 spiro atoms. The fourth-order valence-electron chi connectivity index (χ4n) is 1.86. The van der Waals surface area contributed by atoms with Gasteiger partial charge in [0.2, 0.25) is 0 Å². The van der Waals surface area contributed by atoms with E-state index in [0.717, 1.165) is 12.0 Å². The third-order valence-corrected chi connectivity index (χ3v) is 3.55. The van der Waals surface area contributed by atoms with Crippen molar-refractivity contribution in [2.24, 2.45) is 11.3 Å². The number of rotatable bonds is 6. The Morgan fingerprint density at radius 3 is 2.27 bits per heavy atom. The minimum Gasteiger partial charge on any atom is -0.300 e. The van der Waals surface area contributed by atoms with Crippen molar-refractivity contribution in [1.29, 1.82) is 0 Å². The molecule has 1 saturated carbocycles. The van der Waals surface area contributed by atoms with Gasteiger partial charge >= 0.3 is 0 Å². The second-order valence-electron chi connectivity index (χ2n) is 6.51. The summed E-state index contributed by atoms with van der Waals surface area (Å²) in [6.45, 7) is 14.4. The molecular weight excluding hydrogens is 182 g/mol. The summed E-state index contributed by atoms with van der Waals surface area (Å²) >= 11 is 0. The van der Waals surface area contributed by atoms with Crippen molar-refractivity contribution in [3.05, 3.63) is 0 Å². The maximum absolute atomic E-state index is 2.71. The van der Waals surface area contributed by atoms with E-state index in [-0.39, 0.29) is 0 Å². The Morgan fingerprint density at radius 2 is 1.87 bits per heavy atom. The molecule has 1 fully saturated rings. The monoisotopic (exact) mass is 211 g/mol. The largest absolute Gasteiger partial charge is 0.300 e. The van der Waals surface area contributed by atoms with Crippen LogP contribution in [0.3, 0.4) is 0 Å². The second kappa shape index (κ2) is 5.34. The van der Waals surface area contributed by atoms with Crippen molar-refractivity contribution in [1.82, 2.24) is 4.90 Å². The van der Waals surface area contributed by atoms with E-state index in [9.17, 15) is 0 Å². The zero-order valence-corrected chi connectivity index (χ0v) is 11.3. The van der Waals surface area contributed by atoms with Crippen LogP contribution in [0.1, 0.15) is 60.3 Å². The van der Waals surface area contributed by atoms with Gasteiger partial charge in [-0.25, -0.2) is 0 Å². The minimum atomic E-state index is 0.481. The molecule has 1 atom stereocenters. The molecule has 1 rings (SSSR count). The predicted octanol–water partition coefficient (Wildman–Crippen LogP) is 3.93. The lowest BCUT2D eigenvalue weighted by molar-refractivity contribution is 0.168. The highest BCUT2D eigenvalue weighted by atomic mass is 15.2. The van der Waals surface area contributed by atoms with Gasteiger partial charge in [-0.05, 0) is 50.5 Å². The first-order chi connectivity index (χ1) is 6.92. The summed E-state index contributed by atoms with van der Waals surface area (Å²) in [7, 11) is 0. The molecule has 1 heteroatoms. The fourth-order valence-corrected chi connectivity index (χ4v) is 1.86. The van der Waals surface area contributed by atoms with Crippen molar-refractivity contribution >= 4 is 0 Å². The van der Waals surface area contributed by atoms with Gasteiger partial charge in [0.05, 0.1) is 0 Å². The van der Waals surface area contributed by atoms with Gasteiger partial charge in [-0.3, -0.25) is 0 Å². The van der Waals surface area contributed by atoms with Gasteiger partial charge in [0.1, 0.15) is 0 Å². The van der Waals surface area contributed by atoms with E-state index in [1.807, 2.05) is 0 Å². The molecule has 0 aromatic carbocycles. The highest BCUT2D eigenvalue weighted by Gasteiger charge is 2.26. The molecule has 0 aromatic heterocycles. The van der Waals surface area contributed by atoms with E-state index in [0.29, 0.717) is 5.41 Å². The van der Waals surface area contributed by atoms with Crippen LogP contribution in [0.25, 0.3) is 0 Å². The highest BCUT2D eigenvalue weighted by Crippen LogP contribution is 2.31. The molecule has 90 valence electrons. The summed E-state index contributed by atoms with van der Waals surface area (Å²) in [4.78, 5) is 2.71. The molecule has 0 heterocycles. The molecule has 1 aliphatic carbocycles. The Morgan fingerprint density at radius 1 is 1.27 bits per heavy atom. The van der Waals surface area contributed by atoms with E-state index >= 15 is 0 Å². The fraction of sp³-hybridized carbons (Fsp3) is 1.00. The van der Waals surface area contributed by atoms with Gasteiger partial charge in [0, 0.05) is 12.6 Å². The smallest absolute Gasteiger partial charge is 0.00644 e. The highest BCUT2D eigenvalue weighted by molar-refractivity contribution is 4.80. The van der Waals surface area contributed by atoms with Gasteiger partial charge in [-0.1, -0.05) is 27.7 Å². The predicted molar refractivity (Wildman–Crippen MR) is 68.1 cm³/mol. The standard InChI is InChI=1S/C14H29N/c1-6-12(2)15(11-13-7-8-13)10-9-14(3,4)5/h12-13H,6-11H2,1-5H3. The van der Waals surface area contributed by atoms with Crippen molar-refractivity contribution in [3.8, 4) is 0 Å². The molecule has 0 saturated heterocycles. The van der Waals surface area contributed by atoms with Gasteiger partial charge < -0.3 is 4.90 Å². The maximum Gasteiger partial charge on any atom is 0.00644 e. The SMILES string of the molecule is CCC(C)N(CCC(C)(C)C)CC1CC1. The quantitative estimate of drug-likeness (QED) is 0.643. The Balaban J connectivity index is 2.33. The van der Waals surface area contributed by atoms with E-state index in [1.54, 1.807) is 0 Å². The summed E-state index contributed by atoms with van der Waals surface area (Å²) in [5.74, 6) is 1.03. The molecular formula is C14H29N. The molecule has 0 radical (unpaired) electrons. The summed E-state index contributed by atoms with van der Waals surface area (Å²) in [6.07, 6.45) is 5.56. The summed E-state index contributed by atoms with van der Waals surface area (Å²) in [5, 5.41) is 0. The first kappa shape index (κ1) is 13.0. The van der Waals surface area contributed by atoms with Gasteiger partial charge in [-0.2, -0.15) is 0 Å². The first-order valence-electron chi connectivity index (χ1n) is 6.66. The minimum absolute atomic E-state index is 0.481. The van der Waals surface area contributed by atoms with Crippen LogP contribution in [-0.2, 0) is 0 Å². The summed E-state index contributed by atoms with van der Waals surface area (Å²) < 4.78 is 0. The molecule has 0 aromatic rings. The van der Waals surface area contributed by atoms with E-state index in [2.05, 4.69) is 39.5 Å². The normalized spacial score (nSPS) is 19.6. The van der Waals surface area contributed by atoms with E-state index in [4.69, 9.17) is 0 Å². The Bertz CT molecular complexity index is 176. The van der Waals surface area contributed by atoms with Crippen LogP contribution < -0.4 is 0 Å². The van der Waals surface area contributed by atoms with Gasteiger partial charge in [0.15, 0.2) is 0 Å². The molecule has 0 N–H and O–H groups in total. The van der Waals surface area contributed by atoms with Crippen molar-refractivity contribution in [3.63, 3.8) is 0 Å². The van der Waals surface area contributed by atoms with Crippen molar-refractivity contribution < 1.29 is 0 Å². The first-order valence-corrected chi connectivity index (χ1v) is 6.66. The molecule has 1 unspecified atom stereocenters. The van der Waals surface area contributed by atoms with Crippen molar-refractivity contribution in [2.75, 3.05) is 13.1 Å². The lowest BCUT2D eigenvalue weighted by Crippen LogP contribution is -2.36. The number of hydrogen-bond acceptors (Lipinski definition) is 1. The Kier molecular flexibility index (Phi) is 4.64. The molecule has 0 aliphatic heterocycles. The van der Waals surface area contributed by atoms with Crippen LogP contribution in [0.15, 0.2) is 0 Å². The van der Waals surface area contributed by atoms with E-state index < -0.39 is 0 Å². The van der Waals surface area contributed by atoms with Crippen LogP contribution in [0.5, 0.6) is 0 Å². The third kappa shape index (κ3) is 5.55. The maximum atomic E-state index is 2.71. The van der Waals surface area contributed by atoms with E-state index in [1.165, 1.54) is 38.8 Å². The zero-order valence-electron chi connectivity index (χ0n) is 11.3. The van der Waals surface area contributed by atoms with Crippen LogP contribution in [-0.4, -0.2) is 24.0 Å². The zero-order chi connectivity index (χ0) is 11.5. The molecule has 1 aliphatic rings. The average molecular weight is 211 g/mol. The molecule has 0 amide bonds. The van der Waals surface area contributed by atoms with Crippen molar-refractivity contribution in [2.45, 2.75) is 66.3 Å². The number of hydrogen-bond donors (Lipinski definition) is 0. The average Bonchev–Trinajstić information content (AvgIpc) is 2.93. The van der Waals surface area contributed by atoms with Crippen LogP contribution in [0, 0.1) is 11.3 Å². The summed E-state index contributed by atoms with van der Waals surface area (Å²) in [5.41, 5.74) is 0.481. The van der Waals surface area contributed by atoms with Crippen LogP contribution >= 0.6 is 0 Å². The lowest BCUT2D eigenvalue weighted by Gasteiger charge is -2.31. The molecule has 1 nitrogen and oxygen atoms in total. The Hall–Kier alpha value is -0.0400. The molecule has 0 bridgehead atoms.